The predicted octanol–water partition coefficient (Wildman–Crippen LogP) is 2.45. The topological polar surface area (TPSA) is 123 Å². The van der Waals surface area contributed by atoms with E-state index in [-0.39, 0.29) is 48.3 Å². The molecule has 0 aliphatic carbocycles. The number of para-hydroxylation sites is 1. The number of amides is 4. The number of aryl methyl sites for hydroxylation is 1. The van der Waals surface area contributed by atoms with Gasteiger partial charge in [0.15, 0.2) is 0 Å². The zero-order chi connectivity index (χ0) is 28.0. The van der Waals surface area contributed by atoms with Crippen molar-refractivity contribution in [2.24, 2.45) is 5.92 Å². The molecule has 6 rings (SSSR count). The normalized spacial score (nSPS) is 27.2. The van der Waals surface area contributed by atoms with E-state index in [9.17, 15) is 19.5 Å². The summed E-state index contributed by atoms with van der Waals surface area (Å²) in [6, 6.07) is 14.2. The van der Waals surface area contributed by atoms with Crippen LogP contribution in [0, 0.1) is 12.8 Å². The second kappa shape index (κ2) is 10.6. The monoisotopic (exact) mass is 561 g/mol. The number of nitrogens with one attached hydrogen (secondary N) is 3. The molecule has 3 saturated heterocycles. The molecule has 2 aromatic carbocycles. The third kappa shape index (κ3) is 4.74. The molecule has 0 saturated carbocycles. The number of urea groups is 1. The van der Waals surface area contributed by atoms with Crippen LogP contribution >= 0.6 is 11.8 Å². The van der Waals surface area contributed by atoms with Gasteiger partial charge in [0.1, 0.15) is 11.5 Å². The lowest BCUT2D eigenvalue weighted by atomic mass is 9.86. The lowest BCUT2D eigenvalue weighted by Gasteiger charge is -2.46. The Hall–Kier alpha value is -3.80. The molecule has 3 fully saturated rings. The number of piperidine rings is 1. The van der Waals surface area contributed by atoms with Crippen LogP contribution in [-0.2, 0) is 9.59 Å². The lowest BCUT2D eigenvalue weighted by molar-refractivity contribution is -0.125. The Morgan fingerprint density at radius 2 is 1.98 bits per heavy atom. The highest BCUT2D eigenvalue weighted by atomic mass is 32.2. The lowest BCUT2D eigenvalue weighted by Crippen LogP contribution is -2.62. The van der Waals surface area contributed by atoms with Gasteiger partial charge in [-0.25, -0.2) is 4.79 Å². The molecular formula is C29H31N5O5S. The van der Waals surface area contributed by atoms with Crippen molar-refractivity contribution in [3.05, 3.63) is 77.4 Å². The summed E-state index contributed by atoms with van der Waals surface area (Å²) in [5, 5.41) is 19.8. The van der Waals surface area contributed by atoms with E-state index >= 15 is 0 Å². The number of hydrogen-bond acceptors (Lipinski definition) is 7. The molecule has 2 aromatic rings. The van der Waals surface area contributed by atoms with Crippen LogP contribution in [-0.4, -0.2) is 71.0 Å². The van der Waals surface area contributed by atoms with Gasteiger partial charge in [-0.15, -0.1) is 0 Å². The van der Waals surface area contributed by atoms with E-state index in [4.69, 9.17) is 4.74 Å². The van der Waals surface area contributed by atoms with Gasteiger partial charge >= 0.3 is 6.03 Å². The molecule has 11 heteroatoms. The zero-order valence-corrected chi connectivity index (χ0v) is 22.8. The summed E-state index contributed by atoms with van der Waals surface area (Å²) in [7, 11) is 0. The number of β-amino-alcohol motifs (C(OH)–C–C–N with tert-alkyl or cyclic N) is 1. The Balaban J connectivity index is 1.23. The first-order valence-electron chi connectivity index (χ1n) is 13.3. The van der Waals surface area contributed by atoms with E-state index in [2.05, 4.69) is 22.5 Å². The number of likely N-dealkylation sites (tertiary alicyclic amines) is 1. The third-order valence-electron chi connectivity index (χ3n) is 7.85. The summed E-state index contributed by atoms with van der Waals surface area (Å²) in [5.41, 5.74) is 2.31. The Morgan fingerprint density at radius 3 is 2.73 bits per heavy atom. The number of thioether (sulfide) groups is 1. The molecule has 40 heavy (non-hydrogen) atoms. The number of nitrogens with zero attached hydrogens (tertiary/aromatic N) is 2. The maximum Gasteiger partial charge on any atom is 0.326 e. The van der Waals surface area contributed by atoms with Gasteiger partial charge in [-0.2, -0.15) is 0 Å². The molecule has 4 N–H and O–H groups in total. The molecule has 0 spiro atoms. The fourth-order valence-corrected chi connectivity index (χ4v) is 7.36. The zero-order valence-electron chi connectivity index (χ0n) is 22.0. The van der Waals surface area contributed by atoms with Crippen LogP contribution in [0.15, 0.2) is 71.8 Å². The van der Waals surface area contributed by atoms with E-state index in [0.717, 1.165) is 23.4 Å². The molecule has 4 aliphatic heterocycles. The van der Waals surface area contributed by atoms with E-state index in [0.29, 0.717) is 22.9 Å². The number of anilines is 1. The van der Waals surface area contributed by atoms with Crippen molar-refractivity contribution >= 4 is 35.3 Å². The average molecular weight is 562 g/mol. The van der Waals surface area contributed by atoms with Gasteiger partial charge in [0.05, 0.1) is 28.5 Å². The Morgan fingerprint density at radius 1 is 1.18 bits per heavy atom. The summed E-state index contributed by atoms with van der Waals surface area (Å²) in [6.45, 7) is 6.48. The molecule has 3 unspecified atom stereocenters. The highest BCUT2D eigenvalue weighted by Crippen LogP contribution is 2.48. The number of benzene rings is 2. The molecule has 0 bridgehead atoms. The van der Waals surface area contributed by atoms with Crippen LogP contribution in [0.4, 0.5) is 10.5 Å². The molecule has 5 atom stereocenters. The maximum absolute atomic E-state index is 13.6. The van der Waals surface area contributed by atoms with Crippen LogP contribution in [0.3, 0.4) is 0 Å². The minimum absolute atomic E-state index is 0.0778. The van der Waals surface area contributed by atoms with Gasteiger partial charge in [0.25, 0.3) is 5.91 Å². The SMILES string of the molecule is C=CC(=O)N1C[C@@H](O)[C@@H](NC(=O)C2=C3NC(=O)N(c4ccc(Oc5ccccc5)cc4C)C4CCNC(S2)C34)C1. The fourth-order valence-electron chi connectivity index (χ4n) is 5.96. The van der Waals surface area contributed by atoms with Gasteiger partial charge in [-0.1, -0.05) is 36.5 Å². The average Bonchev–Trinajstić information content (AvgIpc) is 3.50. The smallest absolute Gasteiger partial charge is 0.326 e. The molecule has 208 valence electrons. The van der Waals surface area contributed by atoms with Crippen LogP contribution < -0.4 is 25.6 Å². The maximum atomic E-state index is 13.6. The number of carbonyl (C=O) groups is 3. The minimum atomic E-state index is -0.883. The molecule has 0 aromatic heterocycles. The predicted molar refractivity (Wildman–Crippen MR) is 152 cm³/mol. The number of ether oxygens (including phenoxy) is 1. The van der Waals surface area contributed by atoms with E-state index in [1.54, 1.807) is 0 Å². The summed E-state index contributed by atoms with van der Waals surface area (Å²) in [6.07, 6.45) is 1.04. The molecular weight excluding hydrogens is 530 g/mol. The van der Waals surface area contributed by atoms with Gasteiger partial charge < -0.3 is 30.7 Å². The van der Waals surface area contributed by atoms with E-state index in [1.165, 1.54) is 22.7 Å². The van der Waals surface area contributed by atoms with Crippen LogP contribution in [0.2, 0.25) is 0 Å². The molecule has 0 radical (unpaired) electrons. The third-order valence-corrected chi connectivity index (χ3v) is 9.20. The van der Waals surface area contributed by atoms with Crippen molar-refractivity contribution in [1.29, 1.82) is 0 Å². The number of hydrogen-bond donors (Lipinski definition) is 4. The molecule has 10 nitrogen and oxygen atoms in total. The van der Waals surface area contributed by atoms with Crippen molar-refractivity contribution in [2.75, 3.05) is 24.5 Å². The second-order valence-corrected chi connectivity index (χ2v) is 11.5. The quantitative estimate of drug-likeness (QED) is 0.400. The molecule has 4 aliphatic rings. The summed E-state index contributed by atoms with van der Waals surface area (Å²) in [4.78, 5) is 42.7. The number of rotatable bonds is 6. The van der Waals surface area contributed by atoms with Gasteiger partial charge in [-0.3, -0.25) is 14.5 Å². The van der Waals surface area contributed by atoms with Crippen molar-refractivity contribution in [1.82, 2.24) is 20.9 Å². The van der Waals surface area contributed by atoms with Crippen molar-refractivity contribution in [2.45, 2.75) is 36.9 Å². The standard InChI is InChI=1S/C29H31N5O5S/c1-3-23(36)33-14-19(22(35)15-33)31-27(37)26-25-24-21(11-12-30-28(24)40-26)34(29(38)32-25)20-10-9-18(13-16(20)2)39-17-7-5-4-6-8-17/h3-10,13,19,21-22,24,28,30,35H,1,11-12,14-15H2,2H3,(H,31,37)(H,32,38)/t19-,21?,22+,24?,28?/m0/s1. The molecule has 4 heterocycles. The first kappa shape index (κ1) is 26.4. The Labute approximate surface area is 236 Å². The van der Waals surface area contributed by atoms with E-state index in [1.807, 2.05) is 60.4 Å². The van der Waals surface area contributed by atoms with Crippen molar-refractivity contribution in [3.8, 4) is 11.5 Å². The Bertz CT molecular complexity index is 1400. The highest BCUT2D eigenvalue weighted by Gasteiger charge is 2.52. The van der Waals surface area contributed by atoms with E-state index < -0.39 is 12.1 Å². The summed E-state index contributed by atoms with van der Waals surface area (Å²) in [5.74, 6) is 0.663. The van der Waals surface area contributed by atoms with Crippen LogP contribution in [0.5, 0.6) is 11.5 Å². The summed E-state index contributed by atoms with van der Waals surface area (Å²) < 4.78 is 5.98. The Kier molecular flexibility index (Phi) is 7.03. The fraction of sp³-hybridized carbons (Fsp3) is 0.345. The number of aliphatic hydroxyl groups is 1. The molecule has 4 amide bonds. The van der Waals surface area contributed by atoms with Crippen molar-refractivity contribution < 1.29 is 24.2 Å². The largest absolute Gasteiger partial charge is 0.457 e. The number of aliphatic hydroxyl groups excluding tert-OH is 1. The van der Waals surface area contributed by atoms with Crippen LogP contribution in [0.25, 0.3) is 0 Å². The van der Waals surface area contributed by atoms with Crippen molar-refractivity contribution in [3.63, 3.8) is 0 Å². The van der Waals surface area contributed by atoms with Gasteiger partial charge in [-0.05, 0) is 61.9 Å². The second-order valence-electron chi connectivity index (χ2n) is 10.4. The van der Waals surface area contributed by atoms with Crippen LogP contribution in [0.1, 0.15) is 12.0 Å². The summed E-state index contributed by atoms with van der Waals surface area (Å²) >= 11 is 1.40. The first-order chi connectivity index (χ1) is 19.3. The number of carbonyl (C=O) groups excluding carboxylic acids is 3. The first-order valence-corrected chi connectivity index (χ1v) is 14.2. The van der Waals surface area contributed by atoms with Gasteiger partial charge in [0, 0.05) is 30.4 Å². The van der Waals surface area contributed by atoms with Gasteiger partial charge in [0.2, 0.25) is 5.91 Å². The highest BCUT2D eigenvalue weighted by molar-refractivity contribution is 8.04. The minimum Gasteiger partial charge on any atom is -0.457 e.